The second kappa shape index (κ2) is 7.42. The summed E-state index contributed by atoms with van der Waals surface area (Å²) in [5.41, 5.74) is 1.84. The molecule has 4 rings (SSSR count). The maximum atomic E-state index is 12.4. The molecule has 0 aliphatic carbocycles. The van der Waals surface area contributed by atoms with Crippen molar-refractivity contribution in [3.05, 3.63) is 63.7 Å². The van der Waals surface area contributed by atoms with Gasteiger partial charge in [0.25, 0.3) is 5.69 Å². The van der Waals surface area contributed by atoms with Crippen molar-refractivity contribution < 1.29 is 24.4 Å². The number of amides is 1. The number of aromatic carboxylic acids is 1. The Morgan fingerprint density at radius 2 is 1.86 bits per heavy atom. The molecule has 2 heterocycles. The molecule has 1 saturated heterocycles. The standard InChI is InChI=1S/C20H19N3O6/c24-19(25)13-5-6-17(18(11-13)23(27)28)21-9-7-15(8-10-21)22-16-4-2-1-3-14(16)12-29-20(22)26/h1-6,11,15H,7-10,12H2,(H,24,25). The summed E-state index contributed by atoms with van der Waals surface area (Å²) in [5, 5.41) is 20.5. The summed E-state index contributed by atoms with van der Waals surface area (Å²) in [6.07, 6.45) is 0.849. The highest BCUT2D eigenvalue weighted by Gasteiger charge is 2.35. The number of nitro benzene ring substituents is 1. The molecule has 2 aromatic carbocycles. The first kappa shape index (κ1) is 18.7. The van der Waals surface area contributed by atoms with Crippen LogP contribution in [0.2, 0.25) is 0 Å². The molecule has 0 aromatic heterocycles. The van der Waals surface area contributed by atoms with Crippen molar-refractivity contribution in [2.45, 2.75) is 25.5 Å². The van der Waals surface area contributed by atoms with Gasteiger partial charge in [-0.15, -0.1) is 0 Å². The van der Waals surface area contributed by atoms with Crippen LogP contribution in [0.4, 0.5) is 21.9 Å². The average molecular weight is 397 g/mol. The molecular weight excluding hydrogens is 378 g/mol. The molecule has 0 bridgehead atoms. The number of anilines is 2. The van der Waals surface area contributed by atoms with Crippen LogP contribution in [0.1, 0.15) is 28.8 Å². The first-order valence-corrected chi connectivity index (χ1v) is 9.26. The van der Waals surface area contributed by atoms with Crippen molar-refractivity contribution in [2.24, 2.45) is 0 Å². The molecule has 0 saturated carbocycles. The van der Waals surface area contributed by atoms with Gasteiger partial charge < -0.3 is 14.7 Å². The Labute approximate surface area is 166 Å². The predicted octanol–water partition coefficient (Wildman–Crippen LogP) is 3.42. The van der Waals surface area contributed by atoms with Crippen LogP contribution in [0.5, 0.6) is 0 Å². The Hall–Kier alpha value is -3.62. The average Bonchev–Trinajstić information content (AvgIpc) is 2.73. The number of para-hydroxylation sites is 1. The normalized spacial score (nSPS) is 16.9. The molecule has 2 aliphatic heterocycles. The van der Waals surface area contributed by atoms with E-state index < -0.39 is 10.9 Å². The molecule has 150 valence electrons. The van der Waals surface area contributed by atoms with Crippen molar-refractivity contribution in [1.82, 2.24) is 0 Å². The lowest BCUT2D eigenvalue weighted by Crippen LogP contribution is -2.49. The molecule has 2 aliphatic rings. The quantitative estimate of drug-likeness (QED) is 0.621. The van der Waals surface area contributed by atoms with E-state index in [4.69, 9.17) is 9.84 Å². The van der Waals surface area contributed by atoms with E-state index in [1.165, 1.54) is 12.1 Å². The number of carboxylic acids is 1. The van der Waals surface area contributed by atoms with Crippen LogP contribution < -0.4 is 9.80 Å². The van der Waals surface area contributed by atoms with E-state index in [1.807, 2.05) is 29.2 Å². The number of hydrogen-bond donors (Lipinski definition) is 1. The van der Waals surface area contributed by atoms with Gasteiger partial charge in [0.2, 0.25) is 0 Å². The van der Waals surface area contributed by atoms with Gasteiger partial charge in [0, 0.05) is 30.8 Å². The maximum absolute atomic E-state index is 12.4. The van der Waals surface area contributed by atoms with Crippen LogP contribution in [-0.2, 0) is 11.3 Å². The minimum Gasteiger partial charge on any atom is -0.478 e. The summed E-state index contributed by atoms with van der Waals surface area (Å²) >= 11 is 0. The molecule has 0 radical (unpaired) electrons. The number of piperidine rings is 1. The molecule has 9 heteroatoms. The van der Waals surface area contributed by atoms with E-state index in [-0.39, 0.29) is 30.0 Å². The first-order chi connectivity index (χ1) is 14.0. The highest BCUT2D eigenvalue weighted by atomic mass is 16.6. The zero-order chi connectivity index (χ0) is 20.5. The van der Waals surface area contributed by atoms with Gasteiger partial charge >= 0.3 is 12.1 Å². The van der Waals surface area contributed by atoms with E-state index in [0.717, 1.165) is 17.3 Å². The Morgan fingerprint density at radius 3 is 2.55 bits per heavy atom. The molecule has 1 N–H and O–H groups in total. The highest BCUT2D eigenvalue weighted by Crippen LogP contribution is 2.35. The molecule has 9 nitrogen and oxygen atoms in total. The van der Waals surface area contributed by atoms with Gasteiger partial charge in [0.05, 0.1) is 16.2 Å². The number of benzene rings is 2. The Bertz CT molecular complexity index is 984. The van der Waals surface area contributed by atoms with Gasteiger partial charge in [-0.25, -0.2) is 9.59 Å². The minimum atomic E-state index is -1.21. The van der Waals surface area contributed by atoms with Crippen LogP contribution in [-0.4, -0.2) is 41.2 Å². The van der Waals surface area contributed by atoms with Crippen LogP contribution in [0.15, 0.2) is 42.5 Å². The number of rotatable bonds is 4. The lowest BCUT2D eigenvalue weighted by molar-refractivity contribution is -0.384. The fraction of sp³-hybridized carbons (Fsp3) is 0.300. The molecule has 0 spiro atoms. The monoisotopic (exact) mass is 397 g/mol. The smallest absolute Gasteiger partial charge is 0.414 e. The lowest BCUT2D eigenvalue weighted by Gasteiger charge is -2.40. The van der Waals surface area contributed by atoms with Crippen molar-refractivity contribution in [2.75, 3.05) is 22.9 Å². The van der Waals surface area contributed by atoms with Crippen molar-refractivity contribution in [3.63, 3.8) is 0 Å². The third-order valence-corrected chi connectivity index (χ3v) is 5.39. The summed E-state index contributed by atoms with van der Waals surface area (Å²) in [7, 11) is 0. The lowest BCUT2D eigenvalue weighted by atomic mass is 10.00. The molecule has 2 aromatic rings. The van der Waals surface area contributed by atoms with Gasteiger partial charge in [-0.3, -0.25) is 15.0 Å². The largest absolute Gasteiger partial charge is 0.478 e. The number of ether oxygens (including phenoxy) is 1. The van der Waals surface area contributed by atoms with Gasteiger partial charge in [0.15, 0.2) is 0 Å². The summed E-state index contributed by atoms with van der Waals surface area (Å²) in [5.74, 6) is -1.21. The summed E-state index contributed by atoms with van der Waals surface area (Å²) in [6, 6.07) is 11.5. The molecule has 29 heavy (non-hydrogen) atoms. The van der Waals surface area contributed by atoms with Crippen LogP contribution in [0, 0.1) is 10.1 Å². The molecular formula is C20H19N3O6. The number of nitro groups is 1. The summed E-state index contributed by atoms with van der Waals surface area (Å²) in [4.78, 5) is 38.0. The van der Waals surface area contributed by atoms with Gasteiger partial charge in [-0.05, 0) is 31.0 Å². The number of carbonyl (C=O) groups excluding carboxylic acids is 1. The Balaban J connectivity index is 1.54. The number of cyclic esters (lactones) is 1. The van der Waals surface area contributed by atoms with Crippen LogP contribution in [0.25, 0.3) is 0 Å². The van der Waals surface area contributed by atoms with E-state index in [9.17, 15) is 19.7 Å². The molecule has 0 atom stereocenters. The molecule has 1 fully saturated rings. The number of nitrogens with zero attached hydrogens (tertiary/aromatic N) is 3. The van der Waals surface area contributed by atoms with E-state index in [2.05, 4.69) is 0 Å². The third kappa shape index (κ3) is 3.46. The fourth-order valence-corrected chi connectivity index (χ4v) is 3.96. The second-order valence-corrected chi connectivity index (χ2v) is 7.04. The van der Waals surface area contributed by atoms with E-state index in [0.29, 0.717) is 31.6 Å². The van der Waals surface area contributed by atoms with Crippen LogP contribution >= 0.6 is 0 Å². The van der Waals surface area contributed by atoms with E-state index >= 15 is 0 Å². The van der Waals surface area contributed by atoms with Gasteiger partial charge in [-0.1, -0.05) is 18.2 Å². The highest BCUT2D eigenvalue weighted by molar-refractivity contribution is 5.91. The molecule has 0 unspecified atom stereocenters. The van der Waals surface area contributed by atoms with Crippen LogP contribution in [0.3, 0.4) is 0 Å². The Morgan fingerprint density at radius 1 is 1.14 bits per heavy atom. The van der Waals surface area contributed by atoms with E-state index in [1.54, 1.807) is 4.90 Å². The first-order valence-electron chi connectivity index (χ1n) is 9.26. The topological polar surface area (TPSA) is 113 Å². The fourth-order valence-electron chi connectivity index (χ4n) is 3.96. The number of carboxylic acid groups (broad SMARTS) is 1. The zero-order valence-corrected chi connectivity index (χ0v) is 15.5. The summed E-state index contributed by atoms with van der Waals surface area (Å²) in [6.45, 7) is 1.26. The second-order valence-electron chi connectivity index (χ2n) is 7.04. The van der Waals surface area contributed by atoms with Gasteiger partial charge in [-0.2, -0.15) is 0 Å². The predicted molar refractivity (Wildman–Crippen MR) is 104 cm³/mol. The zero-order valence-electron chi connectivity index (χ0n) is 15.5. The number of hydrogen-bond acceptors (Lipinski definition) is 6. The van der Waals surface area contributed by atoms with Crippen molar-refractivity contribution >= 4 is 29.1 Å². The minimum absolute atomic E-state index is 0.0717. The van der Waals surface area contributed by atoms with Gasteiger partial charge in [0.1, 0.15) is 12.3 Å². The van der Waals surface area contributed by atoms with Crippen molar-refractivity contribution in [3.8, 4) is 0 Å². The SMILES string of the molecule is O=C(O)c1ccc(N2CCC(N3C(=O)OCc4ccccc43)CC2)c([N+](=O)[O-])c1. The third-order valence-electron chi connectivity index (χ3n) is 5.39. The van der Waals surface area contributed by atoms with Crippen molar-refractivity contribution in [1.29, 1.82) is 0 Å². The Kier molecular flexibility index (Phi) is 4.79. The number of fused-ring (bicyclic) bond motifs is 1. The number of carbonyl (C=O) groups is 2. The maximum Gasteiger partial charge on any atom is 0.414 e. The molecule has 1 amide bonds. The summed E-state index contributed by atoms with van der Waals surface area (Å²) < 4.78 is 5.30.